The highest BCUT2D eigenvalue weighted by Crippen LogP contribution is 2.52. The fourth-order valence-electron chi connectivity index (χ4n) is 3.75. The van der Waals surface area contributed by atoms with Gasteiger partial charge in [-0.15, -0.1) is 0 Å². The van der Waals surface area contributed by atoms with Crippen LogP contribution in [0.5, 0.6) is 11.5 Å². The Balaban J connectivity index is 2.21. The summed E-state index contributed by atoms with van der Waals surface area (Å²) in [5, 5.41) is 9.79. The minimum Gasteiger partial charge on any atom is -0.508 e. The number of ether oxygens (including phenoxy) is 1. The van der Waals surface area contributed by atoms with Crippen molar-refractivity contribution in [3.63, 3.8) is 0 Å². The highest BCUT2D eigenvalue weighted by Gasteiger charge is 2.44. The zero-order valence-corrected chi connectivity index (χ0v) is 12.2. The summed E-state index contributed by atoms with van der Waals surface area (Å²) in [4.78, 5) is 0. The van der Waals surface area contributed by atoms with E-state index in [-0.39, 0.29) is 5.60 Å². The third-order valence-electron chi connectivity index (χ3n) is 4.68. The molecule has 1 aliphatic heterocycles. The lowest BCUT2D eigenvalue weighted by molar-refractivity contribution is 0.0112. The molecule has 2 atom stereocenters. The maximum absolute atomic E-state index is 9.79. The molecule has 1 aromatic rings. The van der Waals surface area contributed by atoms with Crippen LogP contribution in [-0.2, 0) is 0 Å². The average Bonchev–Trinajstić information content (AvgIpc) is 2.25. The van der Waals surface area contributed by atoms with Crippen LogP contribution in [0.4, 0.5) is 0 Å². The van der Waals surface area contributed by atoms with Crippen LogP contribution in [0, 0.1) is 12.8 Å². The van der Waals surface area contributed by atoms with Crippen LogP contribution in [0.25, 0.3) is 0 Å². The largest absolute Gasteiger partial charge is 0.508 e. The van der Waals surface area contributed by atoms with Gasteiger partial charge < -0.3 is 9.84 Å². The van der Waals surface area contributed by atoms with Crippen molar-refractivity contribution in [2.75, 3.05) is 0 Å². The smallest absolute Gasteiger partial charge is 0.127 e. The van der Waals surface area contributed by atoms with Crippen molar-refractivity contribution in [3.05, 3.63) is 34.9 Å². The van der Waals surface area contributed by atoms with Crippen LogP contribution in [0.15, 0.2) is 23.8 Å². The van der Waals surface area contributed by atoms with E-state index in [0.717, 1.165) is 11.3 Å². The topological polar surface area (TPSA) is 29.5 Å². The van der Waals surface area contributed by atoms with Gasteiger partial charge in [-0.1, -0.05) is 11.6 Å². The molecule has 0 unspecified atom stereocenters. The van der Waals surface area contributed by atoms with Gasteiger partial charge in [-0.3, -0.25) is 0 Å². The second-order valence-corrected chi connectivity index (χ2v) is 6.56. The number of allylic oxidation sites excluding steroid dienone is 2. The first kappa shape index (κ1) is 12.6. The number of benzene rings is 1. The molecule has 2 aliphatic rings. The monoisotopic (exact) mass is 258 g/mol. The molecule has 1 aromatic carbocycles. The zero-order valence-electron chi connectivity index (χ0n) is 12.2. The van der Waals surface area contributed by atoms with Gasteiger partial charge in [0.15, 0.2) is 0 Å². The van der Waals surface area contributed by atoms with Gasteiger partial charge >= 0.3 is 0 Å². The first-order valence-electron chi connectivity index (χ1n) is 7.08. The third-order valence-corrected chi connectivity index (χ3v) is 4.68. The summed E-state index contributed by atoms with van der Waals surface area (Å²) in [6, 6.07) is 3.60. The summed E-state index contributed by atoms with van der Waals surface area (Å²) in [6.45, 7) is 8.62. The Hall–Kier alpha value is -1.44. The first-order valence-corrected chi connectivity index (χ1v) is 7.08. The van der Waals surface area contributed by atoms with Gasteiger partial charge in [0.05, 0.1) is 0 Å². The lowest BCUT2D eigenvalue weighted by atomic mass is 9.67. The van der Waals surface area contributed by atoms with E-state index in [4.69, 9.17) is 4.74 Å². The molecular weight excluding hydrogens is 236 g/mol. The average molecular weight is 258 g/mol. The van der Waals surface area contributed by atoms with Crippen LogP contribution in [0.2, 0.25) is 0 Å². The molecule has 1 heterocycles. The molecule has 102 valence electrons. The van der Waals surface area contributed by atoms with Crippen LogP contribution in [0.3, 0.4) is 0 Å². The van der Waals surface area contributed by atoms with E-state index in [9.17, 15) is 5.11 Å². The number of phenols is 1. The molecule has 0 spiro atoms. The number of rotatable bonds is 0. The Morgan fingerprint density at radius 2 is 2.00 bits per heavy atom. The highest BCUT2D eigenvalue weighted by molar-refractivity contribution is 5.52. The Morgan fingerprint density at radius 1 is 1.26 bits per heavy atom. The number of phenolic OH excluding ortho intramolecular Hbond substituents is 1. The van der Waals surface area contributed by atoms with Gasteiger partial charge in [0.25, 0.3) is 0 Å². The molecule has 0 saturated carbocycles. The summed E-state index contributed by atoms with van der Waals surface area (Å²) < 4.78 is 6.20. The summed E-state index contributed by atoms with van der Waals surface area (Å²) in [7, 11) is 0. The molecule has 0 fully saturated rings. The van der Waals surface area contributed by atoms with E-state index in [0.29, 0.717) is 17.6 Å². The maximum Gasteiger partial charge on any atom is 0.127 e. The van der Waals surface area contributed by atoms with Crippen molar-refractivity contribution in [2.24, 2.45) is 5.92 Å². The maximum atomic E-state index is 9.79. The predicted octanol–water partition coefficient (Wildman–Crippen LogP) is 4.31. The van der Waals surface area contributed by atoms with E-state index in [2.05, 4.69) is 33.8 Å². The SMILES string of the molecule is CC1=C[C@H]2c3c(C)cc(O)cc3OC(C)(C)[C@@H]2CC1. The molecule has 1 N–H and O–H groups in total. The molecule has 0 saturated heterocycles. The van der Waals surface area contributed by atoms with Crippen molar-refractivity contribution in [1.82, 2.24) is 0 Å². The first-order chi connectivity index (χ1) is 8.88. The number of fused-ring (bicyclic) bond motifs is 3. The molecule has 19 heavy (non-hydrogen) atoms. The van der Waals surface area contributed by atoms with Gasteiger partial charge in [-0.2, -0.15) is 0 Å². The normalized spacial score (nSPS) is 27.9. The molecule has 0 aromatic heterocycles. The van der Waals surface area contributed by atoms with Crippen LogP contribution >= 0.6 is 0 Å². The van der Waals surface area contributed by atoms with Crippen molar-refractivity contribution >= 4 is 0 Å². The summed E-state index contributed by atoms with van der Waals surface area (Å²) in [5.41, 5.74) is 3.69. The van der Waals surface area contributed by atoms with Crippen LogP contribution in [0.1, 0.15) is 50.7 Å². The van der Waals surface area contributed by atoms with E-state index in [1.54, 1.807) is 6.07 Å². The lowest BCUT2D eigenvalue weighted by Gasteiger charge is -2.46. The number of hydrogen-bond donors (Lipinski definition) is 1. The van der Waals surface area contributed by atoms with Gasteiger partial charge in [0, 0.05) is 23.5 Å². The van der Waals surface area contributed by atoms with Gasteiger partial charge in [-0.25, -0.2) is 0 Å². The minimum atomic E-state index is -0.172. The van der Waals surface area contributed by atoms with Crippen molar-refractivity contribution in [2.45, 2.75) is 52.1 Å². The molecule has 1 aliphatic carbocycles. The van der Waals surface area contributed by atoms with Gasteiger partial charge in [0.1, 0.15) is 17.1 Å². The Labute approximate surface area is 115 Å². The van der Waals surface area contributed by atoms with E-state index in [1.807, 2.05) is 6.07 Å². The lowest BCUT2D eigenvalue weighted by Crippen LogP contribution is -2.45. The highest BCUT2D eigenvalue weighted by atomic mass is 16.5. The van der Waals surface area contributed by atoms with Crippen molar-refractivity contribution in [1.29, 1.82) is 0 Å². The fraction of sp³-hybridized carbons (Fsp3) is 0.529. The molecule has 2 nitrogen and oxygen atoms in total. The predicted molar refractivity (Wildman–Crippen MR) is 76.8 cm³/mol. The zero-order chi connectivity index (χ0) is 13.8. The third kappa shape index (κ3) is 1.94. The Kier molecular flexibility index (Phi) is 2.67. The van der Waals surface area contributed by atoms with Gasteiger partial charge in [0.2, 0.25) is 0 Å². The molecule has 2 heteroatoms. The summed E-state index contributed by atoms with van der Waals surface area (Å²) in [5.74, 6) is 2.09. The van der Waals surface area contributed by atoms with Crippen LogP contribution in [-0.4, -0.2) is 10.7 Å². The minimum absolute atomic E-state index is 0.172. The molecule has 0 bridgehead atoms. The second-order valence-electron chi connectivity index (χ2n) is 6.56. The number of hydrogen-bond acceptors (Lipinski definition) is 2. The number of aryl methyl sites for hydroxylation is 1. The van der Waals surface area contributed by atoms with E-state index in [1.165, 1.54) is 24.0 Å². The van der Waals surface area contributed by atoms with Gasteiger partial charge in [-0.05, 0) is 52.2 Å². The second kappa shape index (κ2) is 4.03. The molecule has 3 rings (SSSR count). The molecule has 0 amide bonds. The van der Waals surface area contributed by atoms with E-state index >= 15 is 0 Å². The quantitative estimate of drug-likeness (QED) is 0.703. The van der Waals surface area contributed by atoms with E-state index < -0.39 is 0 Å². The van der Waals surface area contributed by atoms with Crippen LogP contribution < -0.4 is 4.74 Å². The standard InChI is InChI=1S/C17H22O2/c1-10-5-6-14-13(7-10)16-11(2)8-12(18)9-15(16)19-17(14,3)4/h7-9,13-14,18H,5-6H2,1-4H3/t13-,14-/m1/s1. The molecule has 0 radical (unpaired) electrons. The Bertz CT molecular complexity index is 555. The summed E-state index contributed by atoms with van der Waals surface area (Å²) in [6.07, 6.45) is 4.75. The van der Waals surface area contributed by atoms with Crippen molar-refractivity contribution in [3.8, 4) is 11.5 Å². The van der Waals surface area contributed by atoms with Crippen molar-refractivity contribution < 1.29 is 9.84 Å². The number of aromatic hydroxyl groups is 1. The fourth-order valence-corrected chi connectivity index (χ4v) is 3.75. The molecular formula is C17H22O2. The Morgan fingerprint density at radius 3 is 2.74 bits per heavy atom. The summed E-state index contributed by atoms with van der Waals surface area (Å²) >= 11 is 0.